The number of anilines is 1. The van der Waals surface area contributed by atoms with Gasteiger partial charge in [0.1, 0.15) is 0 Å². The summed E-state index contributed by atoms with van der Waals surface area (Å²) < 4.78 is 0. The third kappa shape index (κ3) is 2.13. The zero-order valence-electron chi connectivity index (χ0n) is 15.7. The van der Waals surface area contributed by atoms with E-state index in [4.69, 9.17) is 0 Å². The molecule has 1 aromatic carbocycles. The quantitative estimate of drug-likeness (QED) is 0.831. The summed E-state index contributed by atoms with van der Waals surface area (Å²) in [6.45, 7) is 7.42. The lowest BCUT2D eigenvalue weighted by Crippen LogP contribution is -2.45. The molecule has 3 aliphatic carbocycles. The maximum Gasteiger partial charge on any atom is 0.0379 e. The van der Waals surface area contributed by atoms with E-state index in [9.17, 15) is 0 Å². The number of aryl methyl sites for hydroxylation is 1. The number of hydrogen-bond acceptors (Lipinski definition) is 2. The first-order valence-corrected chi connectivity index (χ1v) is 10.7. The molecule has 25 heavy (non-hydrogen) atoms. The van der Waals surface area contributed by atoms with E-state index in [0.29, 0.717) is 5.41 Å². The summed E-state index contributed by atoms with van der Waals surface area (Å²) in [6, 6.07) is 7.01. The minimum absolute atomic E-state index is 0. The number of nitrogens with zero attached hydrogens (tertiary/aromatic N) is 1. The highest BCUT2D eigenvalue weighted by atomic mass is 15.1. The molecule has 1 saturated heterocycles. The normalized spacial score (nSPS) is 40.6. The minimum atomic E-state index is 0. The maximum absolute atomic E-state index is 3.69. The number of benzene rings is 1. The second-order valence-corrected chi connectivity index (χ2v) is 10.2. The molecule has 2 nitrogen and oxygen atoms in total. The van der Waals surface area contributed by atoms with Gasteiger partial charge in [-0.15, -0.1) is 0 Å². The van der Waals surface area contributed by atoms with Crippen molar-refractivity contribution in [1.29, 1.82) is 0 Å². The molecule has 2 aliphatic heterocycles. The molecule has 2 spiro atoms. The van der Waals surface area contributed by atoms with Crippen LogP contribution in [0.2, 0.25) is 0 Å². The van der Waals surface area contributed by atoms with Crippen LogP contribution < -0.4 is 5.32 Å². The fraction of sp³-hybridized carbons (Fsp3) is 0.739. The van der Waals surface area contributed by atoms with E-state index < -0.39 is 0 Å². The van der Waals surface area contributed by atoms with E-state index in [-0.39, 0.29) is 1.43 Å². The number of piperidine rings is 1. The van der Waals surface area contributed by atoms with Gasteiger partial charge in [-0.25, -0.2) is 0 Å². The summed E-state index contributed by atoms with van der Waals surface area (Å²) >= 11 is 0. The van der Waals surface area contributed by atoms with Crippen LogP contribution in [0.15, 0.2) is 18.2 Å². The summed E-state index contributed by atoms with van der Waals surface area (Å²) in [4.78, 5) is 2.82. The summed E-state index contributed by atoms with van der Waals surface area (Å²) in [7, 11) is 0. The van der Waals surface area contributed by atoms with Crippen molar-refractivity contribution < 1.29 is 1.43 Å². The van der Waals surface area contributed by atoms with Gasteiger partial charge in [0.2, 0.25) is 0 Å². The second-order valence-electron chi connectivity index (χ2n) is 10.2. The van der Waals surface area contributed by atoms with Crippen LogP contribution in [0.1, 0.15) is 57.5 Å². The molecule has 0 amide bonds. The van der Waals surface area contributed by atoms with E-state index in [2.05, 4.69) is 35.3 Å². The third-order valence-electron chi connectivity index (χ3n) is 8.94. The van der Waals surface area contributed by atoms with Gasteiger partial charge >= 0.3 is 0 Å². The SMILES string of the molecule is Cc1ccc2c(c1)C1(CCN(CC3CC4CCC5CC45C3)CC1)CN2.[HH]. The van der Waals surface area contributed by atoms with Gasteiger partial charge in [-0.3, -0.25) is 0 Å². The van der Waals surface area contributed by atoms with Crippen molar-refractivity contribution in [3.05, 3.63) is 29.3 Å². The Hall–Kier alpha value is -1.02. The molecule has 0 radical (unpaired) electrons. The lowest BCUT2D eigenvalue weighted by molar-refractivity contribution is 0.146. The molecular weight excluding hydrogens is 304 g/mol. The lowest BCUT2D eigenvalue weighted by Gasteiger charge is -2.40. The largest absolute Gasteiger partial charge is 0.384 e. The van der Waals surface area contributed by atoms with Gasteiger partial charge in [-0.2, -0.15) is 0 Å². The Labute approximate surface area is 153 Å². The molecular formula is C23H34N2. The van der Waals surface area contributed by atoms with Gasteiger partial charge in [-0.1, -0.05) is 17.7 Å². The van der Waals surface area contributed by atoms with Crippen LogP contribution in [0.3, 0.4) is 0 Å². The number of likely N-dealkylation sites (tertiary alicyclic amines) is 1. The predicted molar refractivity (Wildman–Crippen MR) is 105 cm³/mol. The van der Waals surface area contributed by atoms with Crippen molar-refractivity contribution >= 4 is 5.69 Å². The molecule has 1 N–H and O–H groups in total. The van der Waals surface area contributed by atoms with Crippen molar-refractivity contribution in [2.24, 2.45) is 23.2 Å². The van der Waals surface area contributed by atoms with Gasteiger partial charge in [0.25, 0.3) is 0 Å². The van der Waals surface area contributed by atoms with Gasteiger partial charge in [-0.05, 0) is 99.8 Å². The van der Waals surface area contributed by atoms with Crippen LogP contribution in [0.5, 0.6) is 0 Å². The Bertz CT molecular complexity index is 708. The van der Waals surface area contributed by atoms with Gasteiger partial charge in [0.15, 0.2) is 0 Å². The highest BCUT2D eigenvalue weighted by Gasteiger charge is 2.65. The first-order valence-electron chi connectivity index (χ1n) is 10.7. The van der Waals surface area contributed by atoms with Crippen molar-refractivity contribution in [3.8, 4) is 0 Å². The predicted octanol–water partition coefficient (Wildman–Crippen LogP) is 4.83. The molecule has 2 heterocycles. The average molecular weight is 339 g/mol. The van der Waals surface area contributed by atoms with Crippen molar-refractivity contribution in [1.82, 2.24) is 4.90 Å². The molecule has 136 valence electrons. The van der Waals surface area contributed by atoms with Crippen LogP contribution in [0, 0.1) is 30.1 Å². The first kappa shape index (κ1) is 15.1. The van der Waals surface area contributed by atoms with E-state index in [1.807, 2.05) is 0 Å². The zero-order chi connectivity index (χ0) is 16.6. The van der Waals surface area contributed by atoms with Crippen molar-refractivity contribution in [2.45, 2.75) is 57.3 Å². The third-order valence-corrected chi connectivity index (χ3v) is 8.94. The molecule has 1 aromatic rings. The zero-order valence-corrected chi connectivity index (χ0v) is 15.7. The van der Waals surface area contributed by atoms with E-state index in [1.165, 1.54) is 43.7 Å². The maximum atomic E-state index is 3.69. The Morgan fingerprint density at radius 2 is 2.00 bits per heavy atom. The first-order chi connectivity index (χ1) is 12.2. The van der Waals surface area contributed by atoms with Crippen LogP contribution in [0.4, 0.5) is 5.69 Å². The number of fused-ring (bicyclic) bond motifs is 2. The molecule has 3 saturated carbocycles. The van der Waals surface area contributed by atoms with Crippen molar-refractivity contribution in [3.63, 3.8) is 0 Å². The van der Waals surface area contributed by atoms with E-state index in [1.54, 1.807) is 37.7 Å². The summed E-state index contributed by atoms with van der Waals surface area (Å²) in [5.74, 6) is 3.28. The van der Waals surface area contributed by atoms with Crippen LogP contribution >= 0.6 is 0 Å². The Morgan fingerprint density at radius 3 is 2.80 bits per heavy atom. The molecule has 4 unspecified atom stereocenters. The Balaban J connectivity index is 0.00000150. The Morgan fingerprint density at radius 1 is 1.16 bits per heavy atom. The van der Waals surface area contributed by atoms with E-state index >= 15 is 0 Å². The van der Waals surface area contributed by atoms with Crippen LogP contribution in [0.25, 0.3) is 0 Å². The number of nitrogens with one attached hydrogen (secondary N) is 1. The summed E-state index contributed by atoms with van der Waals surface area (Å²) in [6.07, 6.45) is 10.6. The highest BCUT2D eigenvalue weighted by Crippen LogP contribution is 2.74. The smallest absolute Gasteiger partial charge is 0.0379 e. The number of rotatable bonds is 2. The number of hydrogen-bond donors (Lipinski definition) is 1. The minimum Gasteiger partial charge on any atom is -0.384 e. The highest BCUT2D eigenvalue weighted by molar-refractivity contribution is 5.61. The lowest BCUT2D eigenvalue weighted by atomic mass is 9.74. The van der Waals surface area contributed by atoms with E-state index in [0.717, 1.165) is 29.7 Å². The average Bonchev–Trinajstić information content (AvgIpc) is 2.88. The standard InChI is InChI=1S/C23H32N2.H2/c1-16-2-5-21-20(10-16)22(15-24-21)6-8-25(9-7-22)14-17-11-18-3-4-19-13-23(18,19)12-17;/h2,5,10,17-19,24H,3-4,6-9,11-15H2,1H3;1H. The second kappa shape index (κ2) is 5.03. The van der Waals surface area contributed by atoms with Gasteiger partial charge in [0, 0.05) is 25.6 Å². The van der Waals surface area contributed by atoms with Crippen molar-refractivity contribution in [2.75, 3.05) is 31.5 Å². The molecule has 4 atom stereocenters. The van der Waals surface area contributed by atoms with Gasteiger partial charge in [0.05, 0.1) is 0 Å². The van der Waals surface area contributed by atoms with Gasteiger partial charge < -0.3 is 10.2 Å². The molecule has 2 heteroatoms. The fourth-order valence-corrected chi connectivity index (χ4v) is 7.50. The molecule has 0 bridgehead atoms. The molecule has 4 fully saturated rings. The van der Waals surface area contributed by atoms with Crippen LogP contribution in [-0.4, -0.2) is 31.1 Å². The molecule has 0 aromatic heterocycles. The molecule has 5 aliphatic rings. The molecule has 6 rings (SSSR count). The monoisotopic (exact) mass is 338 g/mol. The topological polar surface area (TPSA) is 15.3 Å². The fourth-order valence-electron chi connectivity index (χ4n) is 7.50. The Kier molecular flexibility index (Phi) is 3.03. The summed E-state index contributed by atoms with van der Waals surface area (Å²) in [5.41, 5.74) is 5.72. The van der Waals surface area contributed by atoms with Crippen LogP contribution in [-0.2, 0) is 5.41 Å². The summed E-state index contributed by atoms with van der Waals surface area (Å²) in [5, 5.41) is 3.69.